The van der Waals surface area contributed by atoms with E-state index in [4.69, 9.17) is 4.74 Å². The summed E-state index contributed by atoms with van der Waals surface area (Å²) in [4.78, 5) is 39.2. The number of amides is 1. The van der Waals surface area contributed by atoms with E-state index < -0.39 is 29.7 Å². The van der Waals surface area contributed by atoms with Gasteiger partial charge in [-0.1, -0.05) is 41.4 Å². The number of halogens is 1. The molecular weight excluding hydrogens is 454 g/mol. The molecule has 0 aromatic heterocycles. The predicted molar refractivity (Wildman–Crippen MR) is 113 cm³/mol. The first kappa shape index (κ1) is 22.0. The number of ether oxygens (including phenoxy) is 1. The lowest BCUT2D eigenvalue weighted by molar-refractivity contribution is -0.144. The second-order valence-electron chi connectivity index (χ2n) is 7.10. The third kappa shape index (κ3) is 4.24. The minimum absolute atomic E-state index is 0.00713. The number of esters is 1. The number of carbonyl (C=O) groups excluding carboxylic acids is 3. The zero-order valence-corrected chi connectivity index (χ0v) is 18.0. The number of carbonyl (C=O) groups is 3. The van der Waals surface area contributed by atoms with Crippen LogP contribution >= 0.6 is 15.9 Å². The van der Waals surface area contributed by atoms with Crippen molar-refractivity contribution in [1.29, 1.82) is 0 Å². The van der Waals surface area contributed by atoms with Gasteiger partial charge in [-0.3, -0.25) is 19.3 Å². The Balaban J connectivity index is 1.90. The Labute approximate surface area is 182 Å². The molecule has 1 heterocycles. The molecule has 1 aliphatic heterocycles. The van der Waals surface area contributed by atoms with Gasteiger partial charge in [0.1, 0.15) is 12.3 Å². The van der Waals surface area contributed by atoms with E-state index in [0.29, 0.717) is 16.6 Å². The molecule has 2 N–H and O–H groups in total. The molecule has 0 bridgehead atoms. The van der Waals surface area contributed by atoms with Crippen LogP contribution in [0.1, 0.15) is 42.1 Å². The molecule has 8 heteroatoms. The van der Waals surface area contributed by atoms with E-state index in [1.807, 2.05) is 6.92 Å². The number of anilines is 1. The highest BCUT2D eigenvalue weighted by Gasteiger charge is 2.51. The molecule has 158 valence electrons. The van der Waals surface area contributed by atoms with Crippen molar-refractivity contribution in [2.24, 2.45) is 0 Å². The fraction of sp³-hybridized carbons (Fsp3) is 0.318. The van der Waals surface area contributed by atoms with Gasteiger partial charge in [0, 0.05) is 10.0 Å². The normalized spacial score (nSPS) is 17.7. The first-order valence-corrected chi connectivity index (χ1v) is 10.4. The van der Waals surface area contributed by atoms with Gasteiger partial charge in [0.15, 0.2) is 11.4 Å². The molecule has 0 aliphatic carbocycles. The van der Waals surface area contributed by atoms with E-state index in [0.717, 1.165) is 11.3 Å². The zero-order valence-electron chi connectivity index (χ0n) is 16.4. The average molecular weight is 476 g/mol. The molecule has 0 saturated heterocycles. The molecule has 2 aromatic rings. The molecule has 1 unspecified atom stereocenters. The number of aliphatic hydroxyl groups is 1. The quantitative estimate of drug-likeness (QED) is 0.344. The van der Waals surface area contributed by atoms with Gasteiger partial charge in [-0.15, -0.1) is 0 Å². The Morgan fingerprint density at radius 3 is 2.63 bits per heavy atom. The summed E-state index contributed by atoms with van der Waals surface area (Å²) < 4.78 is 5.75. The molecular formula is C22H22BrNO6. The number of hydrogen-bond acceptors (Lipinski definition) is 6. The number of para-hydroxylation sites is 1. The molecule has 0 spiro atoms. The molecule has 2 aromatic carbocycles. The smallest absolute Gasteiger partial charge is 0.326 e. The number of benzene rings is 2. The Kier molecular flexibility index (Phi) is 6.58. The van der Waals surface area contributed by atoms with E-state index in [9.17, 15) is 24.6 Å². The summed E-state index contributed by atoms with van der Waals surface area (Å²) in [6, 6.07) is 10.8. The summed E-state index contributed by atoms with van der Waals surface area (Å²) in [7, 11) is 0. The van der Waals surface area contributed by atoms with Gasteiger partial charge in [-0.05, 0) is 36.8 Å². The molecule has 0 fully saturated rings. The van der Waals surface area contributed by atoms with Gasteiger partial charge >= 0.3 is 5.97 Å². The maximum Gasteiger partial charge on any atom is 0.326 e. The Morgan fingerprint density at radius 1 is 1.20 bits per heavy atom. The summed E-state index contributed by atoms with van der Waals surface area (Å²) in [5, 5.41) is 21.2. The van der Waals surface area contributed by atoms with Crippen molar-refractivity contribution < 1.29 is 29.3 Å². The van der Waals surface area contributed by atoms with E-state index in [-0.39, 0.29) is 30.0 Å². The number of aromatic hydroxyl groups is 1. The molecule has 3 rings (SSSR count). The van der Waals surface area contributed by atoms with Gasteiger partial charge in [-0.2, -0.15) is 0 Å². The Bertz CT molecular complexity index is 991. The van der Waals surface area contributed by atoms with E-state index in [1.54, 1.807) is 30.3 Å². The first-order chi connectivity index (χ1) is 14.3. The van der Waals surface area contributed by atoms with Crippen LogP contribution in [0, 0.1) is 0 Å². The first-order valence-electron chi connectivity index (χ1n) is 9.59. The van der Waals surface area contributed by atoms with Crippen LogP contribution < -0.4 is 4.90 Å². The maximum absolute atomic E-state index is 13.2. The number of phenols is 1. The number of phenolic OH excluding ortho intramolecular Hbond substituents is 1. The van der Waals surface area contributed by atoms with Crippen molar-refractivity contribution in [3.05, 3.63) is 58.1 Å². The van der Waals surface area contributed by atoms with Crippen LogP contribution in [-0.4, -0.2) is 41.0 Å². The van der Waals surface area contributed by atoms with Crippen LogP contribution in [0.3, 0.4) is 0 Å². The SMILES string of the molecule is CCCCOC(=O)CN1C(=O)C(O)(CC(=O)c2ccccc2O)c2cc(Br)ccc21. The number of nitrogens with zero attached hydrogens (tertiary/aromatic N) is 1. The Morgan fingerprint density at radius 2 is 1.93 bits per heavy atom. The van der Waals surface area contributed by atoms with E-state index in [1.165, 1.54) is 12.1 Å². The average Bonchev–Trinajstić information content (AvgIpc) is 2.90. The summed E-state index contributed by atoms with van der Waals surface area (Å²) in [5.41, 5.74) is -1.61. The van der Waals surface area contributed by atoms with Gasteiger partial charge in [0.2, 0.25) is 0 Å². The molecule has 30 heavy (non-hydrogen) atoms. The van der Waals surface area contributed by atoms with Crippen LogP contribution in [-0.2, 0) is 19.9 Å². The third-order valence-corrected chi connectivity index (χ3v) is 5.46. The fourth-order valence-corrected chi connectivity index (χ4v) is 3.75. The van der Waals surface area contributed by atoms with Crippen LogP contribution in [0.15, 0.2) is 46.9 Å². The van der Waals surface area contributed by atoms with Crippen molar-refractivity contribution in [2.75, 3.05) is 18.1 Å². The number of hydrogen-bond donors (Lipinski definition) is 2. The molecule has 7 nitrogen and oxygen atoms in total. The van der Waals surface area contributed by atoms with Crippen molar-refractivity contribution in [1.82, 2.24) is 0 Å². The topological polar surface area (TPSA) is 104 Å². The lowest BCUT2D eigenvalue weighted by Crippen LogP contribution is -2.44. The van der Waals surface area contributed by atoms with Crippen molar-refractivity contribution in [3.63, 3.8) is 0 Å². The zero-order chi connectivity index (χ0) is 21.9. The van der Waals surface area contributed by atoms with Crippen molar-refractivity contribution in [3.8, 4) is 5.75 Å². The second-order valence-corrected chi connectivity index (χ2v) is 8.02. The van der Waals surface area contributed by atoms with Gasteiger partial charge in [-0.25, -0.2) is 0 Å². The van der Waals surface area contributed by atoms with Crippen molar-refractivity contribution in [2.45, 2.75) is 31.8 Å². The summed E-state index contributed by atoms with van der Waals surface area (Å²) in [6.07, 6.45) is 0.997. The van der Waals surface area contributed by atoms with E-state index in [2.05, 4.69) is 15.9 Å². The highest BCUT2D eigenvalue weighted by Crippen LogP contribution is 2.44. The fourth-order valence-electron chi connectivity index (χ4n) is 3.39. The maximum atomic E-state index is 13.2. The van der Waals surface area contributed by atoms with Gasteiger partial charge in [0.25, 0.3) is 5.91 Å². The Hall–Kier alpha value is -2.71. The summed E-state index contributed by atoms with van der Waals surface area (Å²) in [5.74, 6) is -2.21. The lowest BCUT2D eigenvalue weighted by Gasteiger charge is -2.22. The largest absolute Gasteiger partial charge is 0.507 e. The standard InChI is InChI=1S/C22H22BrNO6/c1-2-3-10-30-20(27)13-24-17-9-8-14(23)11-16(17)22(29,21(24)28)12-19(26)15-6-4-5-7-18(15)25/h4-9,11,25,29H,2-3,10,12-13H2,1H3. The summed E-state index contributed by atoms with van der Waals surface area (Å²) >= 11 is 3.31. The number of unbranched alkanes of at least 4 members (excludes halogenated alkanes) is 1. The third-order valence-electron chi connectivity index (χ3n) is 4.96. The van der Waals surface area contributed by atoms with Crippen LogP contribution in [0.4, 0.5) is 5.69 Å². The monoisotopic (exact) mass is 475 g/mol. The molecule has 0 saturated carbocycles. The van der Waals surface area contributed by atoms with Gasteiger partial charge < -0.3 is 14.9 Å². The predicted octanol–water partition coefficient (Wildman–Crippen LogP) is 3.31. The minimum Gasteiger partial charge on any atom is -0.507 e. The molecule has 1 aliphatic rings. The molecule has 0 radical (unpaired) electrons. The highest BCUT2D eigenvalue weighted by atomic mass is 79.9. The molecule has 1 amide bonds. The van der Waals surface area contributed by atoms with Crippen LogP contribution in [0.5, 0.6) is 5.75 Å². The van der Waals surface area contributed by atoms with Crippen LogP contribution in [0.2, 0.25) is 0 Å². The number of Topliss-reactive ketones (excluding diaryl/α,β-unsaturated/α-hetero) is 1. The van der Waals surface area contributed by atoms with Crippen molar-refractivity contribution >= 4 is 39.3 Å². The molecule has 1 atom stereocenters. The summed E-state index contributed by atoms with van der Waals surface area (Å²) in [6.45, 7) is 1.85. The second kappa shape index (κ2) is 8.97. The number of ketones is 1. The number of fused-ring (bicyclic) bond motifs is 1. The lowest BCUT2D eigenvalue weighted by atomic mass is 9.88. The minimum atomic E-state index is -2.16. The van der Waals surface area contributed by atoms with E-state index >= 15 is 0 Å². The highest BCUT2D eigenvalue weighted by molar-refractivity contribution is 9.10. The van der Waals surface area contributed by atoms with Crippen LogP contribution in [0.25, 0.3) is 0 Å². The number of rotatable bonds is 8. The van der Waals surface area contributed by atoms with Gasteiger partial charge in [0.05, 0.1) is 24.3 Å².